The summed E-state index contributed by atoms with van der Waals surface area (Å²) in [6.07, 6.45) is 2.16. The zero-order chi connectivity index (χ0) is 20.5. The molecule has 29 heavy (non-hydrogen) atoms. The van der Waals surface area contributed by atoms with E-state index >= 15 is 0 Å². The molecule has 6 heteroatoms. The van der Waals surface area contributed by atoms with Gasteiger partial charge in [0, 0.05) is 32.7 Å². The SMILES string of the molecule is COc1ccc(CCCN2CCN(CCOc3ccc(F)cc3)CC2)cc1OC. The van der Waals surface area contributed by atoms with Gasteiger partial charge in [-0.05, 0) is 61.3 Å². The van der Waals surface area contributed by atoms with E-state index in [0.717, 1.165) is 69.4 Å². The van der Waals surface area contributed by atoms with Crippen LogP contribution in [0.5, 0.6) is 17.2 Å². The van der Waals surface area contributed by atoms with E-state index in [9.17, 15) is 4.39 Å². The highest BCUT2D eigenvalue weighted by molar-refractivity contribution is 5.42. The molecule has 0 atom stereocenters. The van der Waals surface area contributed by atoms with Crippen LogP contribution in [-0.2, 0) is 6.42 Å². The van der Waals surface area contributed by atoms with Gasteiger partial charge in [-0.25, -0.2) is 4.39 Å². The number of benzene rings is 2. The number of methoxy groups -OCH3 is 2. The summed E-state index contributed by atoms with van der Waals surface area (Å²) in [6, 6.07) is 12.4. The molecule has 0 amide bonds. The van der Waals surface area contributed by atoms with Gasteiger partial charge in [-0.3, -0.25) is 4.90 Å². The third kappa shape index (κ3) is 6.61. The highest BCUT2D eigenvalue weighted by Gasteiger charge is 2.16. The third-order valence-corrected chi connectivity index (χ3v) is 5.34. The molecule has 1 fully saturated rings. The van der Waals surface area contributed by atoms with Crippen molar-refractivity contribution in [1.29, 1.82) is 0 Å². The van der Waals surface area contributed by atoms with Gasteiger partial charge in [-0.15, -0.1) is 0 Å². The summed E-state index contributed by atoms with van der Waals surface area (Å²) in [4.78, 5) is 4.95. The fourth-order valence-corrected chi connectivity index (χ4v) is 3.60. The van der Waals surface area contributed by atoms with Crippen molar-refractivity contribution in [1.82, 2.24) is 9.80 Å². The Balaban J connectivity index is 1.31. The van der Waals surface area contributed by atoms with Crippen LogP contribution in [0.4, 0.5) is 4.39 Å². The highest BCUT2D eigenvalue weighted by Crippen LogP contribution is 2.28. The minimum absolute atomic E-state index is 0.236. The Bertz CT molecular complexity index is 746. The maximum Gasteiger partial charge on any atom is 0.160 e. The van der Waals surface area contributed by atoms with Gasteiger partial charge in [-0.1, -0.05) is 6.07 Å². The number of nitrogens with zero attached hydrogens (tertiary/aromatic N) is 2. The zero-order valence-corrected chi connectivity index (χ0v) is 17.4. The topological polar surface area (TPSA) is 34.2 Å². The van der Waals surface area contributed by atoms with Crippen molar-refractivity contribution in [3.05, 3.63) is 53.8 Å². The molecule has 0 aliphatic carbocycles. The minimum Gasteiger partial charge on any atom is -0.493 e. The average Bonchev–Trinajstić information content (AvgIpc) is 2.76. The maximum absolute atomic E-state index is 12.9. The van der Waals surface area contributed by atoms with Gasteiger partial charge in [0.15, 0.2) is 11.5 Å². The van der Waals surface area contributed by atoms with Gasteiger partial charge >= 0.3 is 0 Å². The molecular formula is C23H31FN2O3. The highest BCUT2D eigenvalue weighted by atomic mass is 19.1. The molecule has 0 aromatic heterocycles. The van der Waals surface area contributed by atoms with Gasteiger partial charge in [0.25, 0.3) is 0 Å². The summed E-state index contributed by atoms with van der Waals surface area (Å²) in [5.74, 6) is 2.05. The number of halogens is 1. The van der Waals surface area contributed by atoms with Crippen molar-refractivity contribution in [2.45, 2.75) is 12.8 Å². The number of hydrogen-bond donors (Lipinski definition) is 0. The summed E-state index contributed by atoms with van der Waals surface area (Å²) < 4.78 is 29.3. The number of hydrogen-bond acceptors (Lipinski definition) is 5. The van der Waals surface area contributed by atoms with E-state index in [1.807, 2.05) is 6.07 Å². The molecule has 5 nitrogen and oxygen atoms in total. The van der Waals surface area contributed by atoms with Crippen molar-refractivity contribution >= 4 is 0 Å². The van der Waals surface area contributed by atoms with Crippen LogP contribution in [0.1, 0.15) is 12.0 Å². The van der Waals surface area contributed by atoms with E-state index in [-0.39, 0.29) is 5.82 Å². The molecule has 0 spiro atoms. The van der Waals surface area contributed by atoms with Crippen LogP contribution in [-0.4, -0.2) is 69.9 Å². The maximum atomic E-state index is 12.9. The smallest absolute Gasteiger partial charge is 0.160 e. The van der Waals surface area contributed by atoms with Crippen LogP contribution in [0.2, 0.25) is 0 Å². The summed E-state index contributed by atoms with van der Waals surface area (Å²) in [5.41, 5.74) is 1.28. The number of aryl methyl sites for hydroxylation is 1. The summed E-state index contributed by atoms with van der Waals surface area (Å²) in [7, 11) is 3.33. The first-order valence-corrected chi connectivity index (χ1v) is 10.2. The predicted molar refractivity (Wildman–Crippen MR) is 113 cm³/mol. The molecule has 0 bridgehead atoms. The molecule has 1 aliphatic rings. The van der Waals surface area contributed by atoms with Crippen molar-refractivity contribution < 1.29 is 18.6 Å². The van der Waals surface area contributed by atoms with E-state index in [1.165, 1.54) is 17.7 Å². The summed E-state index contributed by atoms with van der Waals surface area (Å²) in [6.45, 7) is 6.92. The quantitative estimate of drug-likeness (QED) is 0.608. The second kappa shape index (κ2) is 11.0. The van der Waals surface area contributed by atoms with Crippen molar-refractivity contribution in [3.8, 4) is 17.2 Å². The first-order chi connectivity index (χ1) is 14.2. The van der Waals surface area contributed by atoms with Gasteiger partial charge in [0.2, 0.25) is 0 Å². The third-order valence-electron chi connectivity index (χ3n) is 5.34. The molecular weight excluding hydrogens is 371 g/mol. The van der Waals surface area contributed by atoms with Crippen LogP contribution in [0.3, 0.4) is 0 Å². The van der Waals surface area contributed by atoms with Crippen molar-refractivity contribution in [3.63, 3.8) is 0 Å². The first kappa shape index (κ1) is 21.4. The Kier molecular flexibility index (Phi) is 8.14. The van der Waals surface area contributed by atoms with E-state index in [4.69, 9.17) is 14.2 Å². The van der Waals surface area contributed by atoms with Crippen LogP contribution >= 0.6 is 0 Å². The molecule has 0 radical (unpaired) electrons. The van der Waals surface area contributed by atoms with Gasteiger partial charge in [0.1, 0.15) is 18.2 Å². The van der Waals surface area contributed by atoms with Crippen LogP contribution in [0, 0.1) is 5.82 Å². The first-order valence-electron chi connectivity index (χ1n) is 10.2. The van der Waals surface area contributed by atoms with E-state index in [1.54, 1.807) is 26.4 Å². The van der Waals surface area contributed by atoms with Crippen LogP contribution < -0.4 is 14.2 Å². The van der Waals surface area contributed by atoms with Gasteiger partial charge in [0.05, 0.1) is 14.2 Å². The molecule has 0 N–H and O–H groups in total. The fraction of sp³-hybridized carbons (Fsp3) is 0.478. The van der Waals surface area contributed by atoms with E-state index in [2.05, 4.69) is 21.9 Å². The lowest BCUT2D eigenvalue weighted by atomic mass is 10.1. The van der Waals surface area contributed by atoms with Crippen LogP contribution in [0.25, 0.3) is 0 Å². The predicted octanol–water partition coefficient (Wildman–Crippen LogP) is 3.47. The molecule has 0 saturated carbocycles. The van der Waals surface area contributed by atoms with Crippen molar-refractivity contribution in [2.24, 2.45) is 0 Å². The second-order valence-electron chi connectivity index (χ2n) is 7.28. The molecule has 3 rings (SSSR count). The van der Waals surface area contributed by atoms with Crippen LogP contribution in [0.15, 0.2) is 42.5 Å². The second-order valence-corrected chi connectivity index (χ2v) is 7.28. The van der Waals surface area contributed by atoms with E-state index in [0.29, 0.717) is 6.61 Å². The largest absolute Gasteiger partial charge is 0.493 e. The summed E-state index contributed by atoms with van der Waals surface area (Å²) >= 11 is 0. The number of rotatable bonds is 10. The Morgan fingerprint density at radius 1 is 0.828 bits per heavy atom. The molecule has 158 valence electrons. The number of ether oxygens (including phenoxy) is 3. The lowest BCUT2D eigenvalue weighted by Gasteiger charge is -2.34. The molecule has 2 aromatic carbocycles. The molecule has 0 unspecified atom stereocenters. The van der Waals surface area contributed by atoms with E-state index < -0.39 is 0 Å². The Morgan fingerprint density at radius 3 is 2.14 bits per heavy atom. The molecule has 1 heterocycles. The Labute approximate surface area is 173 Å². The zero-order valence-electron chi connectivity index (χ0n) is 17.4. The number of piperazine rings is 1. The lowest BCUT2D eigenvalue weighted by molar-refractivity contribution is 0.116. The molecule has 1 aliphatic heterocycles. The monoisotopic (exact) mass is 402 g/mol. The minimum atomic E-state index is -0.236. The standard InChI is InChI=1S/C23H31FN2O3/c1-27-22-10-5-19(18-23(22)28-2)4-3-11-25-12-14-26(15-13-25)16-17-29-21-8-6-20(24)7-9-21/h5-10,18H,3-4,11-17H2,1-2H3. The fourth-order valence-electron chi connectivity index (χ4n) is 3.60. The van der Waals surface area contributed by atoms with Crippen molar-refractivity contribution in [2.75, 3.05) is 60.1 Å². The Hall–Kier alpha value is -2.31. The molecule has 2 aromatic rings. The Morgan fingerprint density at radius 2 is 1.48 bits per heavy atom. The normalized spacial score (nSPS) is 15.3. The average molecular weight is 403 g/mol. The lowest BCUT2D eigenvalue weighted by Crippen LogP contribution is -2.47. The van der Waals surface area contributed by atoms with Gasteiger partial charge in [-0.2, -0.15) is 0 Å². The molecule has 1 saturated heterocycles. The van der Waals surface area contributed by atoms with Gasteiger partial charge < -0.3 is 19.1 Å². The summed E-state index contributed by atoms with van der Waals surface area (Å²) in [5, 5.41) is 0.